The van der Waals surface area contributed by atoms with Crippen molar-refractivity contribution in [3.05, 3.63) is 95.1 Å². The van der Waals surface area contributed by atoms with Crippen LogP contribution >= 0.6 is 0 Å². The predicted octanol–water partition coefficient (Wildman–Crippen LogP) is 4.62. The van der Waals surface area contributed by atoms with Crippen LogP contribution < -0.4 is 10.2 Å². The number of hydrogen-bond donors (Lipinski definition) is 1. The molecular weight excluding hydrogens is 376 g/mol. The molecule has 0 fully saturated rings. The van der Waals surface area contributed by atoms with Crippen LogP contribution in [0.3, 0.4) is 0 Å². The van der Waals surface area contributed by atoms with Gasteiger partial charge in [0.15, 0.2) is 0 Å². The van der Waals surface area contributed by atoms with Crippen LogP contribution in [0.1, 0.15) is 45.2 Å². The number of hydrogen-bond acceptors (Lipinski definition) is 3. The first-order chi connectivity index (χ1) is 14.6. The zero-order chi connectivity index (χ0) is 21.1. The Balaban J connectivity index is 1.43. The fraction of sp³-hybridized carbons (Fsp3) is 0.160. The normalized spacial score (nSPS) is 12.8. The topological polar surface area (TPSA) is 66.5 Å². The summed E-state index contributed by atoms with van der Waals surface area (Å²) >= 11 is 0. The second-order valence-corrected chi connectivity index (χ2v) is 7.26. The van der Waals surface area contributed by atoms with Crippen LogP contribution in [0.2, 0.25) is 0 Å². The molecule has 0 saturated heterocycles. The summed E-state index contributed by atoms with van der Waals surface area (Å²) in [6.45, 7) is 2.11. The van der Waals surface area contributed by atoms with Crippen molar-refractivity contribution < 1.29 is 14.4 Å². The minimum Gasteiger partial charge on any atom is -0.326 e. The molecule has 0 saturated carbocycles. The van der Waals surface area contributed by atoms with Crippen LogP contribution in [-0.4, -0.2) is 17.7 Å². The number of rotatable bonds is 6. The van der Waals surface area contributed by atoms with Crippen LogP contribution in [0.25, 0.3) is 0 Å². The molecule has 0 bridgehead atoms. The molecule has 150 valence electrons. The molecule has 5 heteroatoms. The number of aryl methyl sites for hydroxylation is 2. The highest BCUT2D eigenvalue weighted by molar-refractivity contribution is 6.34. The molecule has 3 aromatic rings. The van der Waals surface area contributed by atoms with Crippen LogP contribution in [-0.2, 0) is 17.6 Å². The van der Waals surface area contributed by atoms with Gasteiger partial charge in [0.1, 0.15) is 0 Å². The number of anilines is 2. The van der Waals surface area contributed by atoms with Gasteiger partial charge in [-0.25, -0.2) is 4.90 Å². The highest BCUT2D eigenvalue weighted by Gasteiger charge is 2.36. The zero-order valence-corrected chi connectivity index (χ0v) is 16.7. The Hall–Kier alpha value is -3.73. The molecule has 0 radical (unpaired) electrons. The van der Waals surface area contributed by atoms with Crippen LogP contribution in [0.15, 0.2) is 72.8 Å². The van der Waals surface area contributed by atoms with Gasteiger partial charge in [-0.2, -0.15) is 0 Å². The summed E-state index contributed by atoms with van der Waals surface area (Å²) in [6, 6.07) is 21.8. The number of carbonyl (C=O) groups is 3. The van der Waals surface area contributed by atoms with Crippen LogP contribution in [0, 0.1) is 0 Å². The molecule has 0 atom stereocenters. The smallest absolute Gasteiger partial charge is 0.266 e. The Labute approximate surface area is 175 Å². The summed E-state index contributed by atoms with van der Waals surface area (Å²) in [5.74, 6) is -0.821. The van der Waals surface area contributed by atoms with Crippen molar-refractivity contribution in [2.75, 3.05) is 10.2 Å². The summed E-state index contributed by atoms with van der Waals surface area (Å²) in [5, 5.41) is 2.86. The lowest BCUT2D eigenvalue weighted by atomic mass is 10.1. The number of nitrogens with one attached hydrogen (secondary N) is 1. The fourth-order valence-corrected chi connectivity index (χ4v) is 3.57. The quantitative estimate of drug-likeness (QED) is 0.616. The lowest BCUT2D eigenvalue weighted by molar-refractivity contribution is -0.116. The van der Waals surface area contributed by atoms with E-state index in [0.717, 1.165) is 16.9 Å². The summed E-state index contributed by atoms with van der Waals surface area (Å²) in [4.78, 5) is 38.9. The molecular formula is C25H22N2O3. The third-order valence-electron chi connectivity index (χ3n) is 5.25. The van der Waals surface area contributed by atoms with Crippen molar-refractivity contribution in [2.24, 2.45) is 0 Å². The summed E-state index contributed by atoms with van der Waals surface area (Å²) in [6.07, 6.45) is 1.99. The van der Waals surface area contributed by atoms with Gasteiger partial charge in [0, 0.05) is 12.1 Å². The average Bonchev–Trinajstić information content (AvgIpc) is 3.03. The number of benzene rings is 3. The van der Waals surface area contributed by atoms with Crippen molar-refractivity contribution in [1.82, 2.24) is 0 Å². The first kappa shape index (κ1) is 19.6. The molecule has 30 heavy (non-hydrogen) atoms. The van der Waals surface area contributed by atoms with Crippen molar-refractivity contribution in [1.29, 1.82) is 0 Å². The first-order valence-corrected chi connectivity index (χ1v) is 10.0. The largest absolute Gasteiger partial charge is 0.326 e. The summed E-state index contributed by atoms with van der Waals surface area (Å²) in [7, 11) is 0. The second-order valence-electron chi connectivity index (χ2n) is 7.26. The Morgan fingerprint density at radius 2 is 1.47 bits per heavy atom. The van der Waals surface area contributed by atoms with Crippen LogP contribution in [0.4, 0.5) is 11.4 Å². The molecule has 3 amide bonds. The van der Waals surface area contributed by atoms with Gasteiger partial charge in [-0.1, -0.05) is 49.4 Å². The van der Waals surface area contributed by atoms with Gasteiger partial charge in [-0.15, -0.1) is 0 Å². The number of fused-ring (bicyclic) bond motifs is 1. The Bertz CT molecular complexity index is 1080. The molecule has 0 aromatic heterocycles. The summed E-state index contributed by atoms with van der Waals surface area (Å²) < 4.78 is 0. The molecule has 5 nitrogen and oxygen atoms in total. The molecule has 0 unspecified atom stereocenters. The van der Waals surface area contributed by atoms with Gasteiger partial charge in [-0.3, -0.25) is 14.4 Å². The molecule has 0 spiro atoms. The third-order valence-corrected chi connectivity index (χ3v) is 5.25. The van der Waals surface area contributed by atoms with E-state index in [4.69, 9.17) is 0 Å². The van der Waals surface area contributed by atoms with E-state index in [-0.39, 0.29) is 17.7 Å². The van der Waals surface area contributed by atoms with Gasteiger partial charge in [0.2, 0.25) is 5.91 Å². The van der Waals surface area contributed by atoms with E-state index in [0.29, 0.717) is 35.3 Å². The van der Waals surface area contributed by atoms with E-state index in [9.17, 15) is 14.4 Å². The fourth-order valence-electron chi connectivity index (χ4n) is 3.57. The van der Waals surface area contributed by atoms with Gasteiger partial charge < -0.3 is 5.32 Å². The number of amides is 3. The van der Waals surface area contributed by atoms with Gasteiger partial charge in [-0.05, 0) is 54.3 Å². The lowest BCUT2D eigenvalue weighted by Crippen LogP contribution is -2.29. The minimum absolute atomic E-state index is 0.117. The van der Waals surface area contributed by atoms with E-state index in [2.05, 4.69) is 36.5 Å². The Morgan fingerprint density at radius 3 is 2.10 bits per heavy atom. The van der Waals surface area contributed by atoms with E-state index < -0.39 is 0 Å². The first-order valence-electron chi connectivity index (χ1n) is 10.0. The van der Waals surface area contributed by atoms with E-state index >= 15 is 0 Å². The van der Waals surface area contributed by atoms with Gasteiger partial charge in [0.05, 0.1) is 16.8 Å². The SMILES string of the molecule is CCc1ccc(CCC(=O)Nc2cccc(N3C(=O)c4ccccc4C3=O)c2)cc1. The number of carbonyl (C=O) groups excluding carboxylic acids is 3. The minimum atomic E-state index is -0.352. The molecule has 1 aliphatic heterocycles. The highest BCUT2D eigenvalue weighted by atomic mass is 16.2. The summed E-state index contributed by atoms with van der Waals surface area (Å²) in [5.41, 5.74) is 4.16. The Morgan fingerprint density at radius 1 is 0.833 bits per heavy atom. The maximum Gasteiger partial charge on any atom is 0.266 e. The predicted molar refractivity (Wildman–Crippen MR) is 117 cm³/mol. The van der Waals surface area contributed by atoms with Crippen LogP contribution in [0.5, 0.6) is 0 Å². The zero-order valence-electron chi connectivity index (χ0n) is 16.7. The van der Waals surface area contributed by atoms with E-state index in [1.54, 1.807) is 48.5 Å². The van der Waals surface area contributed by atoms with E-state index in [1.807, 2.05) is 0 Å². The number of imide groups is 1. The van der Waals surface area contributed by atoms with Gasteiger partial charge in [0.25, 0.3) is 11.8 Å². The Kier molecular flexibility index (Phi) is 5.44. The van der Waals surface area contributed by atoms with Crippen molar-refractivity contribution >= 4 is 29.1 Å². The second kappa shape index (κ2) is 8.33. The molecule has 1 heterocycles. The molecule has 0 aliphatic carbocycles. The van der Waals surface area contributed by atoms with Crippen molar-refractivity contribution in [2.45, 2.75) is 26.2 Å². The van der Waals surface area contributed by atoms with Crippen molar-refractivity contribution in [3.8, 4) is 0 Å². The molecule has 1 N–H and O–H groups in total. The van der Waals surface area contributed by atoms with Gasteiger partial charge >= 0.3 is 0 Å². The average molecular weight is 398 g/mol. The lowest BCUT2D eigenvalue weighted by Gasteiger charge is -2.15. The standard InChI is InChI=1S/C25H22N2O3/c1-2-17-10-12-18(13-11-17)14-15-23(28)26-19-6-5-7-20(16-19)27-24(29)21-8-3-4-9-22(21)25(27)30/h3-13,16H,2,14-15H2,1H3,(H,26,28). The third kappa shape index (κ3) is 3.87. The maximum atomic E-state index is 12.7. The van der Waals surface area contributed by atoms with Crippen molar-refractivity contribution in [3.63, 3.8) is 0 Å². The van der Waals surface area contributed by atoms with E-state index in [1.165, 1.54) is 5.56 Å². The molecule has 1 aliphatic rings. The molecule has 3 aromatic carbocycles. The molecule has 4 rings (SSSR count). The highest BCUT2D eigenvalue weighted by Crippen LogP contribution is 2.29. The maximum absolute atomic E-state index is 12.7. The number of nitrogens with zero attached hydrogens (tertiary/aromatic N) is 1. The monoisotopic (exact) mass is 398 g/mol.